The number of carbonyl (C=O) groups is 1. The van der Waals surface area contributed by atoms with Gasteiger partial charge in [0.05, 0.1) is 12.2 Å². The van der Waals surface area contributed by atoms with Gasteiger partial charge < -0.3 is 9.84 Å². The lowest BCUT2D eigenvalue weighted by Crippen LogP contribution is -2.04. The molecule has 0 atom stereocenters. The van der Waals surface area contributed by atoms with Crippen molar-refractivity contribution >= 4 is 11.5 Å². The molecule has 0 saturated carbocycles. The standard InChI is InChI=1S/C16H15F3O3/c1-3-22-11(2)14(5-4-6-15(20)21)12-7-9-13(10-8-12)16(17,18)19/h4-10H,2-3H2,1H3,(H,20,21)/b6-4-,14-5?. The molecule has 0 amide bonds. The molecular weight excluding hydrogens is 297 g/mol. The molecule has 118 valence electrons. The number of carboxylic acid groups (broad SMARTS) is 1. The Balaban J connectivity index is 3.16. The maximum absolute atomic E-state index is 12.6. The Morgan fingerprint density at radius 3 is 2.36 bits per heavy atom. The predicted octanol–water partition coefficient (Wildman–Crippen LogP) is 4.28. The molecule has 0 aliphatic carbocycles. The van der Waals surface area contributed by atoms with E-state index in [2.05, 4.69) is 6.58 Å². The first-order valence-electron chi connectivity index (χ1n) is 6.36. The van der Waals surface area contributed by atoms with Crippen molar-refractivity contribution in [1.29, 1.82) is 0 Å². The Labute approximate surface area is 126 Å². The summed E-state index contributed by atoms with van der Waals surface area (Å²) in [5.41, 5.74) is 0.0910. The summed E-state index contributed by atoms with van der Waals surface area (Å²) >= 11 is 0. The van der Waals surface area contributed by atoms with Gasteiger partial charge in [0.2, 0.25) is 0 Å². The van der Waals surface area contributed by atoms with Crippen molar-refractivity contribution in [2.45, 2.75) is 13.1 Å². The van der Waals surface area contributed by atoms with E-state index < -0.39 is 17.7 Å². The molecule has 0 fully saturated rings. The van der Waals surface area contributed by atoms with Crippen LogP contribution < -0.4 is 0 Å². The molecule has 0 unspecified atom stereocenters. The van der Waals surface area contributed by atoms with Crippen molar-refractivity contribution in [3.8, 4) is 0 Å². The highest BCUT2D eigenvalue weighted by Crippen LogP contribution is 2.31. The van der Waals surface area contributed by atoms with Crippen LogP contribution in [0.5, 0.6) is 0 Å². The van der Waals surface area contributed by atoms with Gasteiger partial charge in [-0.05, 0) is 24.6 Å². The average molecular weight is 312 g/mol. The van der Waals surface area contributed by atoms with Crippen LogP contribution in [0, 0.1) is 0 Å². The fraction of sp³-hybridized carbons (Fsp3) is 0.188. The van der Waals surface area contributed by atoms with E-state index in [0.717, 1.165) is 18.2 Å². The van der Waals surface area contributed by atoms with Crippen molar-refractivity contribution in [1.82, 2.24) is 0 Å². The largest absolute Gasteiger partial charge is 0.494 e. The second-order valence-corrected chi connectivity index (χ2v) is 4.21. The van der Waals surface area contributed by atoms with Crippen LogP contribution in [0.4, 0.5) is 13.2 Å². The first kappa shape index (κ1) is 17.6. The van der Waals surface area contributed by atoms with Crippen LogP contribution in [0.3, 0.4) is 0 Å². The van der Waals surface area contributed by atoms with Gasteiger partial charge in [-0.25, -0.2) is 4.79 Å². The third-order valence-electron chi connectivity index (χ3n) is 2.64. The number of carboxylic acids is 1. The van der Waals surface area contributed by atoms with E-state index in [1.807, 2.05) is 0 Å². The molecule has 3 nitrogen and oxygen atoms in total. The van der Waals surface area contributed by atoms with Crippen molar-refractivity contribution in [3.63, 3.8) is 0 Å². The highest BCUT2D eigenvalue weighted by atomic mass is 19.4. The first-order chi connectivity index (χ1) is 10.3. The second kappa shape index (κ2) is 7.49. The molecule has 1 N–H and O–H groups in total. The number of aliphatic carboxylic acids is 1. The molecular formula is C16H15F3O3. The zero-order valence-corrected chi connectivity index (χ0v) is 11.9. The Morgan fingerprint density at radius 2 is 1.91 bits per heavy atom. The Kier molecular flexibility index (Phi) is 5.98. The minimum Gasteiger partial charge on any atom is -0.494 e. The van der Waals surface area contributed by atoms with E-state index in [0.29, 0.717) is 17.7 Å². The normalized spacial score (nSPS) is 12.5. The first-order valence-corrected chi connectivity index (χ1v) is 6.36. The third kappa shape index (κ3) is 5.12. The van der Waals surface area contributed by atoms with Gasteiger partial charge in [-0.3, -0.25) is 0 Å². The summed E-state index contributed by atoms with van der Waals surface area (Å²) in [4.78, 5) is 10.5. The fourth-order valence-electron chi connectivity index (χ4n) is 1.67. The Morgan fingerprint density at radius 1 is 1.32 bits per heavy atom. The maximum Gasteiger partial charge on any atom is 0.416 e. The van der Waals surface area contributed by atoms with Crippen molar-refractivity contribution in [3.05, 3.63) is 66.0 Å². The molecule has 0 spiro atoms. The van der Waals surface area contributed by atoms with Gasteiger partial charge in [-0.2, -0.15) is 13.2 Å². The topological polar surface area (TPSA) is 46.5 Å². The van der Waals surface area contributed by atoms with Crippen LogP contribution in [0.15, 0.2) is 54.8 Å². The third-order valence-corrected chi connectivity index (χ3v) is 2.64. The predicted molar refractivity (Wildman–Crippen MR) is 77.0 cm³/mol. The number of halogens is 3. The molecule has 0 aliphatic heterocycles. The summed E-state index contributed by atoms with van der Waals surface area (Å²) in [6.45, 7) is 5.77. The zero-order valence-electron chi connectivity index (χ0n) is 11.9. The minimum atomic E-state index is -4.41. The molecule has 22 heavy (non-hydrogen) atoms. The van der Waals surface area contributed by atoms with Crippen LogP contribution in [0.1, 0.15) is 18.1 Å². The lowest BCUT2D eigenvalue weighted by Gasteiger charge is -2.13. The second-order valence-electron chi connectivity index (χ2n) is 4.21. The van der Waals surface area contributed by atoms with Crippen LogP contribution >= 0.6 is 0 Å². The zero-order chi connectivity index (χ0) is 16.8. The molecule has 0 radical (unpaired) electrons. The van der Waals surface area contributed by atoms with E-state index in [1.54, 1.807) is 6.92 Å². The van der Waals surface area contributed by atoms with Gasteiger partial charge in [-0.15, -0.1) is 0 Å². The minimum absolute atomic E-state index is 0.247. The highest BCUT2D eigenvalue weighted by molar-refractivity contribution is 5.82. The van der Waals surface area contributed by atoms with Crippen LogP contribution in [-0.4, -0.2) is 17.7 Å². The quantitative estimate of drug-likeness (QED) is 0.484. The molecule has 0 saturated heterocycles. The molecule has 0 aliphatic rings. The summed E-state index contributed by atoms with van der Waals surface area (Å²) in [7, 11) is 0. The summed E-state index contributed by atoms with van der Waals surface area (Å²) in [5, 5.41) is 8.57. The van der Waals surface area contributed by atoms with Crippen molar-refractivity contribution < 1.29 is 27.8 Å². The van der Waals surface area contributed by atoms with Gasteiger partial charge in [-0.1, -0.05) is 30.9 Å². The Hall–Kier alpha value is -2.50. The number of hydrogen-bond acceptors (Lipinski definition) is 2. The summed E-state index contributed by atoms with van der Waals surface area (Å²) < 4.78 is 42.9. The van der Waals surface area contributed by atoms with Crippen LogP contribution in [0.25, 0.3) is 5.57 Å². The van der Waals surface area contributed by atoms with Gasteiger partial charge in [0.15, 0.2) is 0 Å². The van der Waals surface area contributed by atoms with Gasteiger partial charge >= 0.3 is 12.1 Å². The average Bonchev–Trinajstić information content (AvgIpc) is 2.43. The molecule has 0 aromatic heterocycles. The smallest absolute Gasteiger partial charge is 0.416 e. The number of ether oxygens (including phenoxy) is 1. The molecule has 6 heteroatoms. The summed E-state index contributed by atoms with van der Waals surface area (Å²) in [5.74, 6) is -0.887. The highest BCUT2D eigenvalue weighted by Gasteiger charge is 2.30. The number of rotatable bonds is 6. The number of benzene rings is 1. The van der Waals surface area contributed by atoms with Crippen LogP contribution in [-0.2, 0) is 15.7 Å². The summed E-state index contributed by atoms with van der Waals surface area (Å²) in [6.07, 6.45) is -0.819. The van der Waals surface area contributed by atoms with Gasteiger partial charge in [0.25, 0.3) is 0 Å². The SMILES string of the molecule is C=C(OCC)C(=C/C=C\C(=O)O)c1ccc(C(F)(F)F)cc1. The lowest BCUT2D eigenvalue weighted by atomic mass is 10.0. The molecule has 1 aromatic rings. The van der Waals surface area contributed by atoms with Gasteiger partial charge in [0, 0.05) is 11.6 Å². The van der Waals surface area contributed by atoms with Crippen molar-refractivity contribution in [2.24, 2.45) is 0 Å². The van der Waals surface area contributed by atoms with E-state index >= 15 is 0 Å². The van der Waals surface area contributed by atoms with Crippen molar-refractivity contribution in [2.75, 3.05) is 6.61 Å². The van der Waals surface area contributed by atoms with Crippen LogP contribution in [0.2, 0.25) is 0 Å². The molecule has 1 rings (SSSR count). The molecule has 0 heterocycles. The molecule has 0 bridgehead atoms. The maximum atomic E-state index is 12.6. The monoisotopic (exact) mass is 312 g/mol. The van der Waals surface area contributed by atoms with E-state index in [9.17, 15) is 18.0 Å². The van der Waals surface area contributed by atoms with E-state index in [1.165, 1.54) is 24.3 Å². The van der Waals surface area contributed by atoms with E-state index in [4.69, 9.17) is 9.84 Å². The summed E-state index contributed by atoms with van der Waals surface area (Å²) in [6, 6.07) is 4.47. The Bertz CT molecular complexity index is 596. The number of alkyl halides is 3. The van der Waals surface area contributed by atoms with Gasteiger partial charge in [0.1, 0.15) is 5.76 Å². The fourth-order valence-corrected chi connectivity index (χ4v) is 1.67. The van der Waals surface area contributed by atoms with E-state index in [-0.39, 0.29) is 5.76 Å². The molecule has 1 aromatic carbocycles. The number of allylic oxidation sites excluding steroid dienone is 3. The lowest BCUT2D eigenvalue weighted by molar-refractivity contribution is -0.137. The number of hydrogen-bond donors (Lipinski definition) is 1.